The van der Waals surface area contributed by atoms with Crippen LogP contribution in [0, 0.1) is 13.8 Å². The number of nitrogens with zero attached hydrogens (tertiary/aromatic N) is 7. The Morgan fingerprint density at radius 1 is 1.12 bits per heavy atom. The molecule has 170 valence electrons. The van der Waals surface area contributed by atoms with Gasteiger partial charge >= 0.3 is 0 Å². The van der Waals surface area contributed by atoms with E-state index in [-0.39, 0.29) is 18.3 Å². The molecule has 33 heavy (non-hydrogen) atoms. The number of hydrogen-bond acceptors (Lipinski definition) is 9. The molecule has 4 aromatic rings. The SMILES string of the molecule is Cc1nc2nc(N)nn2c(C)c1CC(=O)NNC(=O)c1ccc(CSc2nncn2C)cc1. The average molecular weight is 467 g/mol. The van der Waals surface area contributed by atoms with E-state index in [9.17, 15) is 9.59 Å². The van der Waals surface area contributed by atoms with Gasteiger partial charge in [-0.2, -0.15) is 9.50 Å². The fourth-order valence-corrected chi connectivity index (χ4v) is 4.03. The van der Waals surface area contributed by atoms with Crippen molar-refractivity contribution in [3.05, 3.63) is 58.7 Å². The highest BCUT2D eigenvalue weighted by Gasteiger charge is 2.16. The maximum absolute atomic E-state index is 12.4. The Hall–Kier alpha value is -4.00. The highest BCUT2D eigenvalue weighted by atomic mass is 32.2. The van der Waals surface area contributed by atoms with Gasteiger partial charge in [0.05, 0.1) is 6.42 Å². The number of nitrogens with two attached hydrogens (primary N) is 1. The molecule has 2 amide bonds. The van der Waals surface area contributed by atoms with Crippen LogP contribution in [-0.4, -0.2) is 46.2 Å². The number of nitrogens with one attached hydrogen (secondary N) is 2. The summed E-state index contributed by atoms with van der Waals surface area (Å²) in [7, 11) is 1.88. The topological polar surface area (TPSA) is 158 Å². The predicted molar refractivity (Wildman–Crippen MR) is 121 cm³/mol. The molecule has 0 atom stereocenters. The van der Waals surface area contributed by atoms with Crippen molar-refractivity contribution in [3.63, 3.8) is 0 Å². The highest BCUT2D eigenvalue weighted by Crippen LogP contribution is 2.20. The maximum Gasteiger partial charge on any atom is 0.269 e. The molecule has 0 saturated carbocycles. The molecule has 1 aromatic carbocycles. The number of aromatic nitrogens is 7. The zero-order valence-corrected chi connectivity index (χ0v) is 19.1. The molecule has 0 bridgehead atoms. The van der Waals surface area contributed by atoms with Crippen LogP contribution in [0.3, 0.4) is 0 Å². The van der Waals surface area contributed by atoms with Crippen molar-refractivity contribution in [2.24, 2.45) is 7.05 Å². The summed E-state index contributed by atoms with van der Waals surface area (Å²) in [5.74, 6) is 0.373. The lowest BCUT2D eigenvalue weighted by molar-refractivity contribution is -0.121. The molecule has 0 radical (unpaired) electrons. The first-order valence-electron chi connectivity index (χ1n) is 9.95. The lowest BCUT2D eigenvalue weighted by atomic mass is 10.1. The summed E-state index contributed by atoms with van der Waals surface area (Å²) in [6.07, 6.45) is 1.66. The number of aryl methyl sites for hydroxylation is 3. The van der Waals surface area contributed by atoms with E-state index in [2.05, 4.69) is 36.1 Å². The molecule has 0 fully saturated rings. The summed E-state index contributed by atoms with van der Waals surface area (Å²) in [5, 5.41) is 12.8. The van der Waals surface area contributed by atoms with Crippen molar-refractivity contribution < 1.29 is 9.59 Å². The van der Waals surface area contributed by atoms with Crippen molar-refractivity contribution in [1.82, 2.24) is 45.2 Å². The smallest absolute Gasteiger partial charge is 0.269 e. The van der Waals surface area contributed by atoms with Gasteiger partial charge in [0.15, 0.2) is 5.16 Å². The molecule has 0 unspecified atom stereocenters. The van der Waals surface area contributed by atoms with E-state index in [1.807, 2.05) is 23.7 Å². The van der Waals surface area contributed by atoms with Gasteiger partial charge in [-0.25, -0.2) is 4.98 Å². The Morgan fingerprint density at radius 3 is 2.58 bits per heavy atom. The van der Waals surface area contributed by atoms with E-state index >= 15 is 0 Å². The summed E-state index contributed by atoms with van der Waals surface area (Å²) in [5.41, 5.74) is 14.0. The van der Waals surface area contributed by atoms with Crippen molar-refractivity contribution in [3.8, 4) is 0 Å². The van der Waals surface area contributed by atoms with Crippen LogP contribution in [0.25, 0.3) is 5.78 Å². The van der Waals surface area contributed by atoms with Crippen LogP contribution < -0.4 is 16.6 Å². The number of carbonyl (C=O) groups excluding carboxylic acids is 2. The van der Waals surface area contributed by atoms with Gasteiger partial charge in [-0.3, -0.25) is 20.4 Å². The van der Waals surface area contributed by atoms with E-state index < -0.39 is 5.91 Å². The Labute approximate surface area is 193 Å². The summed E-state index contributed by atoms with van der Waals surface area (Å²) in [4.78, 5) is 33.2. The minimum absolute atomic E-state index is 0.0128. The first-order chi connectivity index (χ1) is 15.8. The van der Waals surface area contributed by atoms with Crippen molar-refractivity contribution in [1.29, 1.82) is 0 Å². The third-order valence-corrected chi connectivity index (χ3v) is 6.08. The van der Waals surface area contributed by atoms with Crippen LogP contribution in [0.1, 0.15) is 32.9 Å². The molecule has 0 aliphatic carbocycles. The Morgan fingerprint density at radius 2 is 1.88 bits per heavy atom. The zero-order chi connectivity index (χ0) is 23.5. The fourth-order valence-electron chi connectivity index (χ4n) is 3.19. The number of carbonyl (C=O) groups is 2. The van der Waals surface area contributed by atoms with Crippen LogP contribution >= 0.6 is 11.8 Å². The van der Waals surface area contributed by atoms with E-state index in [0.717, 1.165) is 10.7 Å². The number of benzene rings is 1. The van der Waals surface area contributed by atoms with Crippen LogP contribution in [0.15, 0.2) is 35.7 Å². The summed E-state index contributed by atoms with van der Waals surface area (Å²) in [6.45, 7) is 3.59. The standard InChI is InChI=1S/C20H22N10O2S/c1-11-15(12(2)30-19(23-11)24-18(21)28-30)8-16(31)25-26-17(32)14-6-4-13(5-7-14)9-33-20-27-22-10-29(20)3/h4-7,10H,8-9H2,1-3H3,(H2,21,28)(H,25,31)(H,26,32). The third-order valence-electron chi connectivity index (χ3n) is 4.97. The molecule has 0 saturated heterocycles. The molecule has 13 heteroatoms. The Bertz CT molecular complexity index is 1330. The molecule has 0 spiro atoms. The van der Waals surface area contributed by atoms with Crippen molar-refractivity contribution in [2.75, 3.05) is 5.73 Å². The van der Waals surface area contributed by atoms with E-state index in [1.54, 1.807) is 44.1 Å². The summed E-state index contributed by atoms with van der Waals surface area (Å²) >= 11 is 1.55. The number of hydrogen-bond donors (Lipinski definition) is 3. The van der Waals surface area contributed by atoms with Gasteiger partial charge in [-0.05, 0) is 31.5 Å². The number of fused-ring (bicyclic) bond motifs is 1. The van der Waals surface area contributed by atoms with Crippen molar-refractivity contribution >= 4 is 35.3 Å². The first-order valence-corrected chi connectivity index (χ1v) is 10.9. The molecular formula is C20H22N10O2S. The average Bonchev–Trinajstić information content (AvgIpc) is 3.38. The molecule has 0 aliphatic rings. The molecule has 4 rings (SSSR count). The molecule has 0 aliphatic heterocycles. The Balaban J connectivity index is 1.32. The molecule has 3 heterocycles. The third kappa shape index (κ3) is 4.92. The van der Waals surface area contributed by atoms with E-state index in [0.29, 0.717) is 34.0 Å². The predicted octanol–water partition coefficient (Wildman–Crippen LogP) is 0.748. The van der Waals surface area contributed by atoms with Gasteiger partial charge in [0.1, 0.15) is 6.33 Å². The van der Waals surface area contributed by atoms with Crippen LogP contribution in [0.4, 0.5) is 5.95 Å². The first kappa shape index (κ1) is 22.2. The normalized spacial score (nSPS) is 11.0. The molecule has 12 nitrogen and oxygen atoms in total. The minimum atomic E-state index is -0.415. The van der Waals surface area contributed by atoms with Crippen LogP contribution in [-0.2, 0) is 24.0 Å². The molecule has 3 aromatic heterocycles. The monoisotopic (exact) mass is 466 g/mol. The van der Waals surface area contributed by atoms with Gasteiger partial charge in [0.2, 0.25) is 11.9 Å². The van der Waals surface area contributed by atoms with Gasteiger partial charge < -0.3 is 10.3 Å². The van der Waals surface area contributed by atoms with Crippen LogP contribution in [0.5, 0.6) is 0 Å². The van der Waals surface area contributed by atoms with Gasteiger partial charge in [0, 0.05) is 35.3 Å². The minimum Gasteiger partial charge on any atom is -0.366 e. The lowest BCUT2D eigenvalue weighted by Crippen LogP contribution is -2.42. The van der Waals surface area contributed by atoms with Gasteiger partial charge in [-0.1, -0.05) is 23.9 Å². The second-order valence-electron chi connectivity index (χ2n) is 7.33. The van der Waals surface area contributed by atoms with E-state index in [1.165, 1.54) is 4.52 Å². The highest BCUT2D eigenvalue weighted by molar-refractivity contribution is 7.98. The quantitative estimate of drug-likeness (QED) is 0.275. The summed E-state index contributed by atoms with van der Waals surface area (Å²) in [6, 6.07) is 7.12. The number of nitrogen functional groups attached to an aromatic ring is 1. The summed E-state index contributed by atoms with van der Waals surface area (Å²) < 4.78 is 3.33. The molecular weight excluding hydrogens is 444 g/mol. The van der Waals surface area contributed by atoms with Gasteiger partial charge in [-0.15, -0.1) is 15.3 Å². The fraction of sp³-hybridized carbons (Fsp3) is 0.250. The maximum atomic E-state index is 12.4. The number of hydrazine groups is 1. The van der Waals surface area contributed by atoms with Crippen molar-refractivity contribution in [2.45, 2.75) is 31.2 Å². The number of thioether (sulfide) groups is 1. The second-order valence-corrected chi connectivity index (χ2v) is 8.27. The Kier molecular flexibility index (Phi) is 6.22. The largest absolute Gasteiger partial charge is 0.366 e. The number of anilines is 1. The number of amides is 2. The van der Waals surface area contributed by atoms with Gasteiger partial charge in [0.25, 0.3) is 11.7 Å². The van der Waals surface area contributed by atoms with E-state index in [4.69, 9.17) is 5.73 Å². The molecule has 4 N–H and O–H groups in total. The zero-order valence-electron chi connectivity index (χ0n) is 18.2. The number of rotatable bonds is 6. The van der Waals surface area contributed by atoms with Crippen LogP contribution in [0.2, 0.25) is 0 Å². The lowest BCUT2D eigenvalue weighted by Gasteiger charge is -2.11. The second kappa shape index (κ2) is 9.24.